The van der Waals surface area contributed by atoms with Crippen LogP contribution in [0.4, 0.5) is 0 Å². The summed E-state index contributed by atoms with van der Waals surface area (Å²) >= 11 is 5.88. The molecule has 0 bridgehead atoms. The molecular weight excluding hydrogens is 510 g/mol. The molecule has 3 aromatic rings. The Labute approximate surface area is 214 Å². The van der Waals surface area contributed by atoms with E-state index in [1.165, 1.54) is 26.6 Å². The van der Waals surface area contributed by atoms with E-state index in [9.17, 15) is 8.42 Å². The van der Waals surface area contributed by atoms with E-state index >= 15 is 0 Å². The molecule has 0 radical (unpaired) electrons. The summed E-state index contributed by atoms with van der Waals surface area (Å²) in [5.41, 5.74) is 0.476. The monoisotopic (exact) mass is 537 g/mol. The van der Waals surface area contributed by atoms with Crippen LogP contribution in [0.5, 0.6) is 11.5 Å². The molecule has 1 saturated heterocycles. The molecule has 3 heterocycles. The minimum atomic E-state index is -3.75. The van der Waals surface area contributed by atoms with Crippen molar-refractivity contribution in [3.63, 3.8) is 0 Å². The van der Waals surface area contributed by atoms with Crippen molar-refractivity contribution in [2.75, 3.05) is 34.0 Å². The first-order valence-corrected chi connectivity index (χ1v) is 13.4. The molecule has 1 aromatic carbocycles. The average Bonchev–Trinajstić information content (AvgIpc) is 3.30. The number of para-hydroxylation sites is 1. The fourth-order valence-corrected chi connectivity index (χ4v) is 5.61. The van der Waals surface area contributed by atoms with Gasteiger partial charge in [-0.3, -0.25) is 4.57 Å². The molecule has 3 atom stereocenters. The third-order valence-electron chi connectivity index (χ3n) is 6.13. The summed E-state index contributed by atoms with van der Waals surface area (Å²) in [6.07, 6.45) is 2.35. The first-order valence-electron chi connectivity index (χ1n) is 11.3. The van der Waals surface area contributed by atoms with Crippen LogP contribution in [0.15, 0.2) is 30.6 Å². The maximum absolute atomic E-state index is 13.6. The van der Waals surface area contributed by atoms with Crippen molar-refractivity contribution < 1.29 is 27.4 Å². The van der Waals surface area contributed by atoms with Crippen LogP contribution in [0, 0.1) is 0 Å². The van der Waals surface area contributed by atoms with E-state index < -0.39 is 32.9 Å². The number of sulfone groups is 1. The van der Waals surface area contributed by atoms with E-state index in [0.29, 0.717) is 47.1 Å². The van der Waals surface area contributed by atoms with E-state index in [4.69, 9.17) is 30.5 Å². The molecular formula is C23H28ClN5O6S. The van der Waals surface area contributed by atoms with Crippen molar-refractivity contribution in [2.45, 2.75) is 36.9 Å². The summed E-state index contributed by atoms with van der Waals surface area (Å²) in [5.74, 6) is 1.01. The molecule has 11 nitrogen and oxygen atoms in total. The van der Waals surface area contributed by atoms with E-state index in [-0.39, 0.29) is 12.4 Å². The smallest absolute Gasteiger partial charge is 0.169 e. The van der Waals surface area contributed by atoms with Crippen molar-refractivity contribution in [1.29, 1.82) is 0 Å². The van der Waals surface area contributed by atoms with Gasteiger partial charge in [0, 0.05) is 18.3 Å². The number of methoxy groups -OCH3 is 2. The zero-order valence-corrected chi connectivity index (χ0v) is 22.0. The summed E-state index contributed by atoms with van der Waals surface area (Å²) < 4.78 is 51.4. The molecule has 0 amide bonds. The first-order chi connectivity index (χ1) is 17.3. The lowest BCUT2D eigenvalue weighted by molar-refractivity contribution is -0.0942. The number of hydrogen-bond acceptors (Lipinski definition) is 10. The lowest BCUT2D eigenvalue weighted by Crippen LogP contribution is -2.28. The average molecular weight is 538 g/mol. The van der Waals surface area contributed by atoms with Crippen LogP contribution in [0.3, 0.4) is 0 Å². The Morgan fingerprint density at radius 3 is 2.36 bits per heavy atom. The van der Waals surface area contributed by atoms with Gasteiger partial charge in [0.2, 0.25) is 0 Å². The maximum atomic E-state index is 13.6. The predicted octanol–water partition coefficient (Wildman–Crippen LogP) is 2.92. The lowest BCUT2D eigenvalue weighted by Gasteiger charge is -2.25. The van der Waals surface area contributed by atoms with Gasteiger partial charge in [0.15, 0.2) is 21.5 Å². The molecule has 0 unspecified atom stereocenters. The molecule has 1 aliphatic rings. The van der Waals surface area contributed by atoms with Crippen molar-refractivity contribution in [3.8, 4) is 17.2 Å². The molecule has 1 fully saturated rings. The number of ether oxygens (including phenoxy) is 4. The van der Waals surface area contributed by atoms with Gasteiger partial charge in [-0.15, -0.1) is 10.2 Å². The Bertz CT molecular complexity index is 1270. The van der Waals surface area contributed by atoms with Gasteiger partial charge in [0.05, 0.1) is 44.3 Å². The van der Waals surface area contributed by atoms with Gasteiger partial charge in [-0.1, -0.05) is 24.6 Å². The van der Waals surface area contributed by atoms with Crippen LogP contribution in [0.2, 0.25) is 5.02 Å². The van der Waals surface area contributed by atoms with E-state index in [1.807, 2.05) is 0 Å². The molecule has 4 rings (SSSR count). The van der Waals surface area contributed by atoms with Crippen molar-refractivity contribution in [1.82, 2.24) is 24.7 Å². The van der Waals surface area contributed by atoms with E-state index in [0.717, 1.165) is 0 Å². The summed E-state index contributed by atoms with van der Waals surface area (Å²) in [4.78, 5) is 8.38. The number of hydrogen-bond donors (Lipinski definition) is 0. The van der Waals surface area contributed by atoms with E-state index in [1.54, 1.807) is 36.6 Å². The predicted molar refractivity (Wildman–Crippen MR) is 132 cm³/mol. The van der Waals surface area contributed by atoms with Crippen LogP contribution in [0.25, 0.3) is 5.69 Å². The maximum Gasteiger partial charge on any atom is 0.169 e. The Balaban J connectivity index is 1.77. The minimum absolute atomic E-state index is 0.193. The quantitative estimate of drug-likeness (QED) is 0.402. The van der Waals surface area contributed by atoms with Gasteiger partial charge in [0.25, 0.3) is 0 Å². The molecule has 194 valence electrons. The molecule has 1 aliphatic heterocycles. The van der Waals surface area contributed by atoms with Crippen molar-refractivity contribution in [3.05, 3.63) is 53.1 Å². The fraction of sp³-hybridized carbons (Fsp3) is 0.478. The SMILES string of the molecule is COc1cccc(OC)c1-n1c(CS(=O)(=O)[C@@H](C)[C@H](C)c2ncc(Cl)cn2)nnc1[C@@H]1COCCO1. The van der Waals surface area contributed by atoms with Gasteiger partial charge in [-0.05, 0) is 19.1 Å². The van der Waals surface area contributed by atoms with Crippen molar-refractivity contribution >= 4 is 21.4 Å². The van der Waals surface area contributed by atoms with Crippen molar-refractivity contribution in [2.24, 2.45) is 0 Å². The van der Waals surface area contributed by atoms with Crippen LogP contribution in [-0.2, 0) is 25.1 Å². The van der Waals surface area contributed by atoms with E-state index in [2.05, 4.69) is 20.2 Å². The second-order valence-electron chi connectivity index (χ2n) is 8.32. The topological polar surface area (TPSA) is 128 Å². The van der Waals surface area contributed by atoms with Crippen LogP contribution < -0.4 is 9.47 Å². The Kier molecular flexibility index (Phi) is 8.08. The highest BCUT2D eigenvalue weighted by Gasteiger charge is 2.34. The van der Waals surface area contributed by atoms with Crippen LogP contribution in [0.1, 0.15) is 43.3 Å². The highest BCUT2D eigenvalue weighted by molar-refractivity contribution is 7.91. The van der Waals surface area contributed by atoms with Gasteiger partial charge in [-0.2, -0.15) is 0 Å². The fourth-order valence-electron chi connectivity index (χ4n) is 3.95. The summed E-state index contributed by atoms with van der Waals surface area (Å²) in [5, 5.41) is 8.14. The molecule has 0 saturated carbocycles. The second-order valence-corrected chi connectivity index (χ2v) is 11.1. The molecule has 0 spiro atoms. The zero-order valence-electron chi connectivity index (χ0n) is 20.4. The third-order valence-corrected chi connectivity index (χ3v) is 8.53. The van der Waals surface area contributed by atoms with Crippen LogP contribution >= 0.6 is 11.6 Å². The second kappa shape index (κ2) is 11.1. The van der Waals surface area contributed by atoms with Gasteiger partial charge < -0.3 is 18.9 Å². The van der Waals surface area contributed by atoms with Gasteiger partial charge in [0.1, 0.15) is 34.9 Å². The first kappa shape index (κ1) is 26.3. The number of aromatic nitrogens is 5. The standard InChI is InChI=1S/C23H28ClN5O6S/c1-14(22-25-10-16(24)11-26-22)15(2)36(30,31)13-20-27-28-23(19-12-34-8-9-35-19)29(20)21-17(32-3)6-5-7-18(21)33-4/h5-7,10-11,14-15,19H,8-9,12-13H2,1-4H3/t14-,15-,19-/m0/s1. The Morgan fingerprint density at radius 2 is 1.78 bits per heavy atom. The molecule has 36 heavy (non-hydrogen) atoms. The normalized spacial score (nSPS) is 18.0. The Morgan fingerprint density at radius 1 is 1.11 bits per heavy atom. The summed E-state index contributed by atoms with van der Waals surface area (Å²) in [6.45, 7) is 4.49. The third kappa shape index (κ3) is 5.31. The summed E-state index contributed by atoms with van der Waals surface area (Å²) in [7, 11) is -0.703. The Hall–Kier alpha value is -2.80. The highest BCUT2D eigenvalue weighted by atomic mass is 35.5. The highest BCUT2D eigenvalue weighted by Crippen LogP contribution is 2.37. The van der Waals surface area contributed by atoms with Gasteiger partial charge in [-0.25, -0.2) is 18.4 Å². The largest absolute Gasteiger partial charge is 0.494 e. The lowest BCUT2D eigenvalue weighted by atomic mass is 10.1. The number of halogens is 1. The molecule has 0 N–H and O–H groups in total. The van der Waals surface area contributed by atoms with Gasteiger partial charge >= 0.3 is 0 Å². The summed E-state index contributed by atoms with van der Waals surface area (Å²) in [6, 6.07) is 5.28. The zero-order chi connectivity index (χ0) is 25.9. The molecule has 2 aromatic heterocycles. The molecule has 0 aliphatic carbocycles. The molecule has 13 heteroatoms. The number of nitrogens with zero attached hydrogens (tertiary/aromatic N) is 5. The number of rotatable bonds is 9. The minimum Gasteiger partial charge on any atom is -0.494 e. The number of benzene rings is 1. The van der Waals surface area contributed by atoms with Crippen LogP contribution in [-0.4, -0.2) is 72.4 Å².